The number of amides is 1. The van der Waals surface area contributed by atoms with Gasteiger partial charge in [-0.15, -0.1) is 0 Å². The zero-order valence-electron chi connectivity index (χ0n) is 13.0. The molecule has 2 atom stereocenters. The molecule has 1 aliphatic heterocycles. The molecule has 0 aliphatic carbocycles. The first-order valence-electron chi connectivity index (χ1n) is 7.44. The Hall–Kier alpha value is -1.62. The number of aliphatic hydroxyl groups is 1. The lowest BCUT2D eigenvalue weighted by Crippen LogP contribution is -2.41. The van der Waals surface area contributed by atoms with Gasteiger partial charge in [-0.1, -0.05) is 6.07 Å². The molecule has 21 heavy (non-hydrogen) atoms. The fourth-order valence-corrected chi connectivity index (χ4v) is 2.81. The molecule has 5 heteroatoms. The number of likely N-dealkylation sites (tertiary alicyclic amines) is 1. The van der Waals surface area contributed by atoms with Crippen molar-refractivity contribution in [1.29, 1.82) is 0 Å². The summed E-state index contributed by atoms with van der Waals surface area (Å²) in [5.74, 6) is 0. The predicted octanol–water partition coefficient (Wildman–Crippen LogP) is 2.90. The molecule has 0 saturated carbocycles. The van der Waals surface area contributed by atoms with Crippen molar-refractivity contribution in [3.8, 4) is 0 Å². The number of pyridine rings is 1. The van der Waals surface area contributed by atoms with Crippen molar-refractivity contribution in [2.24, 2.45) is 0 Å². The Bertz CT molecular complexity index is 470. The van der Waals surface area contributed by atoms with Crippen LogP contribution in [0.1, 0.15) is 51.6 Å². The third-order valence-corrected chi connectivity index (χ3v) is 3.64. The monoisotopic (exact) mass is 292 g/mol. The van der Waals surface area contributed by atoms with E-state index in [1.807, 2.05) is 32.9 Å². The highest BCUT2D eigenvalue weighted by Gasteiger charge is 2.39. The van der Waals surface area contributed by atoms with Crippen LogP contribution in [-0.4, -0.2) is 39.3 Å². The highest BCUT2D eigenvalue weighted by Crippen LogP contribution is 2.38. The summed E-state index contributed by atoms with van der Waals surface area (Å²) in [4.78, 5) is 18.4. The molecule has 0 aromatic carbocycles. The Kier molecular flexibility index (Phi) is 4.83. The van der Waals surface area contributed by atoms with Gasteiger partial charge >= 0.3 is 6.09 Å². The minimum absolute atomic E-state index is 0.0231. The molecule has 2 heterocycles. The van der Waals surface area contributed by atoms with E-state index in [-0.39, 0.29) is 24.8 Å². The molecule has 1 aromatic heterocycles. The number of rotatable bonds is 3. The van der Waals surface area contributed by atoms with E-state index in [1.165, 1.54) is 0 Å². The van der Waals surface area contributed by atoms with Gasteiger partial charge in [0.2, 0.25) is 0 Å². The van der Waals surface area contributed by atoms with Crippen molar-refractivity contribution in [1.82, 2.24) is 9.88 Å². The van der Waals surface area contributed by atoms with E-state index < -0.39 is 5.60 Å². The van der Waals surface area contributed by atoms with Crippen LogP contribution in [-0.2, 0) is 4.74 Å². The lowest BCUT2D eigenvalue weighted by atomic mass is 10.1. The van der Waals surface area contributed by atoms with Gasteiger partial charge in [0.1, 0.15) is 5.60 Å². The summed E-state index contributed by atoms with van der Waals surface area (Å²) >= 11 is 0. The van der Waals surface area contributed by atoms with Crippen LogP contribution < -0.4 is 0 Å². The summed E-state index contributed by atoms with van der Waals surface area (Å²) in [6.07, 6.45) is 5.53. The Labute approximate surface area is 125 Å². The molecule has 5 nitrogen and oxygen atoms in total. The van der Waals surface area contributed by atoms with Gasteiger partial charge in [-0.3, -0.25) is 9.88 Å². The predicted molar refractivity (Wildman–Crippen MR) is 79.8 cm³/mol. The van der Waals surface area contributed by atoms with Gasteiger partial charge in [0.05, 0.1) is 6.04 Å². The Morgan fingerprint density at radius 3 is 2.81 bits per heavy atom. The Balaban J connectivity index is 2.22. The normalized spacial score (nSPS) is 22.4. The summed E-state index contributed by atoms with van der Waals surface area (Å²) < 4.78 is 5.53. The average Bonchev–Trinajstić information content (AvgIpc) is 2.82. The number of carbonyl (C=O) groups excluding carboxylic acids is 1. The number of ether oxygens (including phenoxy) is 1. The van der Waals surface area contributed by atoms with Gasteiger partial charge in [0, 0.05) is 25.0 Å². The van der Waals surface area contributed by atoms with E-state index in [1.54, 1.807) is 17.3 Å². The van der Waals surface area contributed by atoms with Gasteiger partial charge in [0.25, 0.3) is 0 Å². The maximum Gasteiger partial charge on any atom is 0.411 e. The van der Waals surface area contributed by atoms with Gasteiger partial charge in [0.15, 0.2) is 0 Å². The first kappa shape index (κ1) is 15.8. The van der Waals surface area contributed by atoms with Crippen LogP contribution in [0.15, 0.2) is 24.5 Å². The van der Waals surface area contributed by atoms with Crippen molar-refractivity contribution in [2.45, 2.75) is 57.7 Å². The maximum atomic E-state index is 12.5. The van der Waals surface area contributed by atoms with Crippen molar-refractivity contribution >= 4 is 6.09 Å². The van der Waals surface area contributed by atoms with E-state index in [0.717, 1.165) is 18.4 Å². The Morgan fingerprint density at radius 1 is 1.48 bits per heavy atom. The van der Waals surface area contributed by atoms with E-state index in [9.17, 15) is 9.90 Å². The molecule has 2 rings (SSSR count). The lowest BCUT2D eigenvalue weighted by Gasteiger charge is -2.32. The van der Waals surface area contributed by atoms with Crippen LogP contribution in [0.5, 0.6) is 0 Å². The number of hydrogen-bond acceptors (Lipinski definition) is 4. The fraction of sp³-hybridized carbons (Fsp3) is 0.625. The second-order valence-electron chi connectivity index (χ2n) is 6.43. The standard InChI is InChI=1S/C16H24N2O3/c1-16(2,3)21-15(20)18-13(8-10-19)6-7-14(18)12-5-4-9-17-11-12/h4-5,9,11,13-14,19H,6-8,10H2,1-3H3/t13-,14+/m0/s1. The third-order valence-electron chi connectivity index (χ3n) is 3.64. The zero-order valence-corrected chi connectivity index (χ0v) is 13.0. The molecule has 1 aliphatic rings. The van der Waals surface area contributed by atoms with E-state index in [4.69, 9.17) is 4.74 Å². The topological polar surface area (TPSA) is 62.7 Å². The van der Waals surface area contributed by atoms with Crippen LogP contribution in [0.2, 0.25) is 0 Å². The van der Waals surface area contributed by atoms with Crippen LogP contribution in [0.3, 0.4) is 0 Å². The van der Waals surface area contributed by atoms with Crippen molar-refractivity contribution in [2.75, 3.05) is 6.61 Å². The first-order valence-corrected chi connectivity index (χ1v) is 7.44. The second-order valence-corrected chi connectivity index (χ2v) is 6.43. The second kappa shape index (κ2) is 6.43. The van der Waals surface area contributed by atoms with E-state index >= 15 is 0 Å². The molecule has 0 unspecified atom stereocenters. The molecule has 116 valence electrons. The maximum absolute atomic E-state index is 12.5. The summed E-state index contributed by atoms with van der Waals surface area (Å²) in [6, 6.07) is 3.86. The van der Waals surface area contributed by atoms with Crippen molar-refractivity contribution in [3.63, 3.8) is 0 Å². The van der Waals surface area contributed by atoms with E-state index in [0.29, 0.717) is 6.42 Å². The number of carbonyl (C=O) groups is 1. The number of hydrogen-bond donors (Lipinski definition) is 1. The van der Waals surface area contributed by atoms with Crippen LogP contribution in [0.25, 0.3) is 0 Å². The molecule has 1 aromatic rings. The quantitative estimate of drug-likeness (QED) is 0.930. The molecule has 0 bridgehead atoms. The summed E-state index contributed by atoms with van der Waals surface area (Å²) in [5.41, 5.74) is 0.493. The van der Waals surface area contributed by atoms with Crippen LogP contribution in [0, 0.1) is 0 Å². The highest BCUT2D eigenvalue weighted by atomic mass is 16.6. The minimum Gasteiger partial charge on any atom is -0.444 e. The number of aromatic nitrogens is 1. The largest absolute Gasteiger partial charge is 0.444 e. The molecular formula is C16H24N2O3. The van der Waals surface area contributed by atoms with Crippen molar-refractivity contribution < 1.29 is 14.6 Å². The van der Waals surface area contributed by atoms with E-state index in [2.05, 4.69) is 4.98 Å². The Morgan fingerprint density at radius 2 is 2.24 bits per heavy atom. The number of nitrogens with zero attached hydrogens (tertiary/aromatic N) is 2. The molecular weight excluding hydrogens is 268 g/mol. The summed E-state index contributed by atoms with van der Waals surface area (Å²) in [6.45, 7) is 5.66. The highest BCUT2D eigenvalue weighted by molar-refractivity contribution is 5.69. The van der Waals surface area contributed by atoms with Gasteiger partial charge in [-0.05, 0) is 51.7 Å². The van der Waals surface area contributed by atoms with Gasteiger partial charge < -0.3 is 9.84 Å². The zero-order chi connectivity index (χ0) is 15.5. The fourth-order valence-electron chi connectivity index (χ4n) is 2.81. The SMILES string of the molecule is CC(C)(C)OC(=O)N1[C@H](CCO)CC[C@@H]1c1cccnc1. The number of aliphatic hydroxyl groups excluding tert-OH is 1. The molecule has 1 fully saturated rings. The summed E-state index contributed by atoms with van der Waals surface area (Å²) in [7, 11) is 0. The molecule has 0 spiro atoms. The molecule has 1 amide bonds. The molecule has 1 saturated heterocycles. The van der Waals surface area contributed by atoms with Crippen LogP contribution >= 0.6 is 0 Å². The van der Waals surface area contributed by atoms with Gasteiger partial charge in [-0.2, -0.15) is 0 Å². The molecule has 0 radical (unpaired) electrons. The third kappa shape index (κ3) is 3.94. The smallest absolute Gasteiger partial charge is 0.411 e. The lowest BCUT2D eigenvalue weighted by molar-refractivity contribution is 0.0124. The minimum atomic E-state index is -0.525. The first-order chi connectivity index (χ1) is 9.92. The van der Waals surface area contributed by atoms with Crippen LogP contribution in [0.4, 0.5) is 4.79 Å². The van der Waals surface area contributed by atoms with Gasteiger partial charge in [-0.25, -0.2) is 4.79 Å². The van der Waals surface area contributed by atoms with Crippen molar-refractivity contribution in [3.05, 3.63) is 30.1 Å². The average molecular weight is 292 g/mol. The molecule has 1 N–H and O–H groups in total. The summed E-state index contributed by atoms with van der Waals surface area (Å²) in [5, 5.41) is 9.22.